The SMILES string of the molecule is O=c1ccc2ccccc2n1OCc1cccc(OCc2ccc3ccccc3n2)c1. The molecule has 5 aromatic rings. The van der Waals surface area contributed by atoms with E-state index in [1.807, 2.05) is 84.9 Å². The molecule has 3 aromatic carbocycles. The Labute approximate surface area is 179 Å². The number of fused-ring (bicyclic) bond motifs is 2. The second-order valence-electron chi connectivity index (χ2n) is 7.23. The van der Waals surface area contributed by atoms with E-state index in [-0.39, 0.29) is 12.2 Å². The molecule has 0 atom stereocenters. The Kier molecular flexibility index (Phi) is 5.07. The lowest BCUT2D eigenvalue weighted by Gasteiger charge is -2.12. The summed E-state index contributed by atoms with van der Waals surface area (Å²) in [6.07, 6.45) is 0. The third kappa shape index (κ3) is 4.12. The second-order valence-corrected chi connectivity index (χ2v) is 7.23. The van der Waals surface area contributed by atoms with Crippen molar-refractivity contribution in [3.8, 4) is 5.75 Å². The average molecular weight is 408 g/mol. The van der Waals surface area contributed by atoms with E-state index < -0.39 is 0 Å². The molecular formula is C26H20N2O3. The Morgan fingerprint density at radius 3 is 2.48 bits per heavy atom. The van der Waals surface area contributed by atoms with Gasteiger partial charge in [0.05, 0.1) is 16.7 Å². The molecule has 5 heteroatoms. The Balaban J connectivity index is 1.29. The van der Waals surface area contributed by atoms with Crippen LogP contribution in [0.2, 0.25) is 0 Å². The third-order valence-electron chi connectivity index (χ3n) is 5.06. The zero-order valence-electron chi connectivity index (χ0n) is 16.8. The lowest BCUT2D eigenvalue weighted by Crippen LogP contribution is -2.26. The van der Waals surface area contributed by atoms with E-state index in [1.54, 1.807) is 6.07 Å². The Morgan fingerprint density at radius 1 is 0.742 bits per heavy atom. The quantitative estimate of drug-likeness (QED) is 0.407. The van der Waals surface area contributed by atoms with Gasteiger partial charge in [0.25, 0.3) is 5.56 Å². The molecule has 5 rings (SSSR count). The monoisotopic (exact) mass is 408 g/mol. The summed E-state index contributed by atoms with van der Waals surface area (Å²) in [6, 6.07) is 30.6. The van der Waals surface area contributed by atoms with Gasteiger partial charge in [-0.1, -0.05) is 54.6 Å². The van der Waals surface area contributed by atoms with E-state index in [9.17, 15) is 4.79 Å². The standard InChI is InChI=1S/C26H20N2O3/c29-26-15-13-21-8-2-4-11-25(21)28(26)31-17-19-6-5-9-23(16-19)30-18-22-14-12-20-7-1-3-10-24(20)27-22/h1-16H,17-18H2. The van der Waals surface area contributed by atoms with Crippen molar-refractivity contribution in [2.75, 3.05) is 0 Å². The Hall–Kier alpha value is -4.12. The molecule has 0 saturated carbocycles. The van der Waals surface area contributed by atoms with Crippen LogP contribution < -0.4 is 15.1 Å². The minimum absolute atomic E-state index is 0.200. The molecule has 5 nitrogen and oxygen atoms in total. The van der Waals surface area contributed by atoms with Gasteiger partial charge in [-0.25, -0.2) is 4.98 Å². The van der Waals surface area contributed by atoms with Crippen molar-refractivity contribution in [1.82, 2.24) is 9.71 Å². The minimum atomic E-state index is -0.200. The Bertz CT molecular complexity index is 1430. The van der Waals surface area contributed by atoms with Crippen LogP contribution in [0.1, 0.15) is 11.3 Å². The van der Waals surface area contributed by atoms with E-state index in [2.05, 4.69) is 4.98 Å². The second kappa shape index (κ2) is 8.32. The van der Waals surface area contributed by atoms with Crippen molar-refractivity contribution < 1.29 is 9.57 Å². The largest absolute Gasteiger partial charge is 0.487 e. The van der Waals surface area contributed by atoms with Crippen molar-refractivity contribution in [3.05, 3.63) is 119 Å². The van der Waals surface area contributed by atoms with Crippen LogP contribution in [0.15, 0.2) is 102 Å². The fraction of sp³-hybridized carbons (Fsp3) is 0.0769. The van der Waals surface area contributed by atoms with Crippen LogP contribution in [-0.2, 0) is 13.2 Å². The van der Waals surface area contributed by atoms with Crippen molar-refractivity contribution in [2.24, 2.45) is 0 Å². The van der Waals surface area contributed by atoms with Gasteiger partial charge in [0.2, 0.25) is 0 Å². The molecule has 2 aromatic heterocycles. The number of hydrogen-bond donors (Lipinski definition) is 0. The summed E-state index contributed by atoms with van der Waals surface area (Å²) in [5, 5.41) is 2.05. The van der Waals surface area contributed by atoms with Gasteiger partial charge in [-0.15, -0.1) is 4.73 Å². The summed E-state index contributed by atoms with van der Waals surface area (Å²) in [6.45, 7) is 0.622. The number of rotatable bonds is 6. The summed E-state index contributed by atoms with van der Waals surface area (Å²) in [4.78, 5) is 22.8. The molecule has 0 aliphatic carbocycles. The van der Waals surface area contributed by atoms with E-state index in [0.29, 0.717) is 6.61 Å². The van der Waals surface area contributed by atoms with E-state index in [4.69, 9.17) is 9.57 Å². The topological polar surface area (TPSA) is 53.4 Å². The number of aromatic nitrogens is 2. The molecule has 0 unspecified atom stereocenters. The van der Waals surface area contributed by atoms with Gasteiger partial charge < -0.3 is 9.57 Å². The summed E-state index contributed by atoms with van der Waals surface area (Å²) in [5.74, 6) is 0.723. The molecule has 152 valence electrons. The van der Waals surface area contributed by atoms with Crippen LogP contribution in [0.5, 0.6) is 5.75 Å². The van der Waals surface area contributed by atoms with Gasteiger partial charge in [-0.2, -0.15) is 0 Å². The number of benzene rings is 3. The third-order valence-corrected chi connectivity index (χ3v) is 5.06. The molecule has 0 amide bonds. The van der Waals surface area contributed by atoms with Crippen molar-refractivity contribution >= 4 is 21.8 Å². The molecule has 0 aliphatic heterocycles. The van der Waals surface area contributed by atoms with Crippen LogP contribution in [0.3, 0.4) is 0 Å². The first-order valence-corrected chi connectivity index (χ1v) is 10.1. The maximum atomic E-state index is 12.3. The molecule has 2 heterocycles. The molecule has 31 heavy (non-hydrogen) atoms. The predicted molar refractivity (Wildman–Crippen MR) is 121 cm³/mol. The predicted octanol–water partition coefficient (Wildman–Crippen LogP) is 4.76. The molecule has 0 saturated heterocycles. The number of ether oxygens (including phenoxy) is 1. The van der Waals surface area contributed by atoms with Gasteiger partial charge in [-0.05, 0) is 42.0 Å². The normalized spacial score (nSPS) is 11.0. The number of pyridine rings is 2. The molecule has 0 N–H and O–H groups in total. The van der Waals surface area contributed by atoms with E-state index >= 15 is 0 Å². The molecular weight excluding hydrogens is 388 g/mol. The highest BCUT2D eigenvalue weighted by Gasteiger charge is 2.05. The molecule has 0 radical (unpaired) electrons. The molecule has 0 spiro atoms. The van der Waals surface area contributed by atoms with Crippen LogP contribution >= 0.6 is 0 Å². The molecule has 0 bridgehead atoms. The molecule has 0 fully saturated rings. The lowest BCUT2D eigenvalue weighted by molar-refractivity contribution is 0.0991. The van der Waals surface area contributed by atoms with E-state index in [1.165, 1.54) is 10.8 Å². The Morgan fingerprint density at radius 2 is 1.55 bits per heavy atom. The van der Waals surface area contributed by atoms with Crippen LogP contribution in [-0.4, -0.2) is 9.71 Å². The van der Waals surface area contributed by atoms with Crippen molar-refractivity contribution in [2.45, 2.75) is 13.2 Å². The van der Waals surface area contributed by atoms with Gasteiger partial charge in [0, 0.05) is 16.8 Å². The molecule has 0 aliphatic rings. The minimum Gasteiger partial charge on any atom is -0.487 e. The fourth-order valence-electron chi connectivity index (χ4n) is 3.50. The average Bonchev–Trinajstić information content (AvgIpc) is 2.82. The first-order valence-electron chi connectivity index (χ1n) is 10.1. The van der Waals surface area contributed by atoms with Crippen molar-refractivity contribution in [3.63, 3.8) is 0 Å². The zero-order valence-corrected chi connectivity index (χ0v) is 16.8. The first-order chi connectivity index (χ1) is 15.3. The first kappa shape index (κ1) is 18.9. The smallest absolute Gasteiger partial charge is 0.283 e. The summed E-state index contributed by atoms with van der Waals surface area (Å²) in [7, 11) is 0. The highest BCUT2D eigenvalue weighted by molar-refractivity contribution is 5.79. The van der Waals surface area contributed by atoms with Crippen molar-refractivity contribution in [1.29, 1.82) is 0 Å². The lowest BCUT2D eigenvalue weighted by atomic mass is 10.2. The van der Waals surface area contributed by atoms with E-state index in [0.717, 1.165) is 38.8 Å². The van der Waals surface area contributed by atoms with Crippen LogP contribution in [0.4, 0.5) is 0 Å². The highest BCUT2D eigenvalue weighted by atomic mass is 16.7. The fourth-order valence-corrected chi connectivity index (χ4v) is 3.50. The van der Waals surface area contributed by atoms with Gasteiger partial charge in [0.15, 0.2) is 0 Å². The highest BCUT2D eigenvalue weighted by Crippen LogP contribution is 2.17. The number of nitrogens with zero attached hydrogens (tertiary/aromatic N) is 2. The van der Waals surface area contributed by atoms with Gasteiger partial charge in [0.1, 0.15) is 19.0 Å². The zero-order chi connectivity index (χ0) is 21.0. The maximum absolute atomic E-state index is 12.3. The number of hydrogen-bond acceptors (Lipinski definition) is 4. The van der Waals surface area contributed by atoms with Gasteiger partial charge >= 0.3 is 0 Å². The van der Waals surface area contributed by atoms with Gasteiger partial charge in [-0.3, -0.25) is 4.79 Å². The summed E-state index contributed by atoms with van der Waals surface area (Å²) < 4.78 is 7.28. The summed E-state index contributed by atoms with van der Waals surface area (Å²) in [5.41, 5.74) is 3.26. The summed E-state index contributed by atoms with van der Waals surface area (Å²) >= 11 is 0. The maximum Gasteiger partial charge on any atom is 0.283 e. The van der Waals surface area contributed by atoms with Crippen LogP contribution in [0, 0.1) is 0 Å². The number of para-hydroxylation sites is 2. The van der Waals surface area contributed by atoms with Crippen LogP contribution in [0.25, 0.3) is 21.8 Å².